The van der Waals surface area contributed by atoms with Crippen LogP contribution >= 0.6 is 24.0 Å². The number of rotatable bonds is 4. The second kappa shape index (κ2) is 9.29. The average molecular weight is 475 g/mol. The molecule has 0 saturated carbocycles. The maximum absolute atomic E-state index is 11.8. The van der Waals surface area contributed by atoms with Crippen LogP contribution in [0.5, 0.6) is 11.5 Å². The average Bonchev–Trinajstić information content (AvgIpc) is 3.24. The van der Waals surface area contributed by atoms with Crippen molar-refractivity contribution in [2.24, 2.45) is 16.8 Å². The van der Waals surface area contributed by atoms with Crippen molar-refractivity contribution in [3.63, 3.8) is 0 Å². The standard InChI is InChI=1S/C18H25N3O4.HI/c1-12-9-21(10-14(12)17(22)23-3)18(19-2)20-7-6-13-4-5-15-16(8-13)25-11-24-15;/h4-5,8,12,14H,6-7,9-11H2,1-3H3,(H,19,20);1H. The molecule has 8 heteroatoms. The Balaban J connectivity index is 0.00000243. The third-order valence-electron chi connectivity index (χ3n) is 4.76. The summed E-state index contributed by atoms with van der Waals surface area (Å²) in [7, 11) is 3.20. The van der Waals surface area contributed by atoms with E-state index < -0.39 is 0 Å². The van der Waals surface area contributed by atoms with Gasteiger partial charge in [0.05, 0.1) is 13.0 Å². The highest BCUT2D eigenvalue weighted by molar-refractivity contribution is 14.0. The zero-order valence-electron chi connectivity index (χ0n) is 15.4. The minimum atomic E-state index is -0.147. The van der Waals surface area contributed by atoms with Crippen LogP contribution in [-0.4, -0.2) is 57.4 Å². The molecule has 0 spiro atoms. The number of methoxy groups -OCH3 is 1. The van der Waals surface area contributed by atoms with Crippen molar-refractivity contribution >= 4 is 35.9 Å². The number of nitrogens with zero attached hydrogens (tertiary/aromatic N) is 2. The Bertz CT molecular complexity index is 668. The lowest BCUT2D eigenvalue weighted by Crippen LogP contribution is -2.41. The number of esters is 1. The number of carbonyl (C=O) groups excluding carboxylic acids is 1. The fraction of sp³-hybridized carbons (Fsp3) is 0.556. The van der Waals surface area contributed by atoms with Crippen molar-refractivity contribution in [3.05, 3.63) is 23.8 Å². The van der Waals surface area contributed by atoms with E-state index in [-0.39, 0.29) is 48.6 Å². The van der Waals surface area contributed by atoms with Gasteiger partial charge in [0.2, 0.25) is 6.79 Å². The molecule has 2 atom stereocenters. The normalized spacial score (nSPS) is 21.3. The molecule has 2 aliphatic heterocycles. The Labute approximate surface area is 171 Å². The Hall–Kier alpha value is -1.71. The van der Waals surface area contributed by atoms with Crippen molar-refractivity contribution in [2.75, 3.05) is 40.6 Å². The molecule has 1 N–H and O–H groups in total. The number of hydrogen-bond acceptors (Lipinski definition) is 5. The number of guanidine groups is 1. The van der Waals surface area contributed by atoms with Gasteiger partial charge in [-0.3, -0.25) is 9.79 Å². The van der Waals surface area contributed by atoms with Crippen LogP contribution in [0.3, 0.4) is 0 Å². The molecule has 2 heterocycles. The smallest absolute Gasteiger partial charge is 0.310 e. The zero-order valence-corrected chi connectivity index (χ0v) is 17.7. The Kier molecular flexibility index (Phi) is 7.36. The first-order valence-electron chi connectivity index (χ1n) is 8.54. The van der Waals surface area contributed by atoms with Crippen molar-refractivity contribution in [1.82, 2.24) is 10.2 Å². The minimum Gasteiger partial charge on any atom is -0.469 e. The van der Waals surface area contributed by atoms with E-state index >= 15 is 0 Å². The minimum absolute atomic E-state index is 0. The van der Waals surface area contributed by atoms with Gasteiger partial charge in [0.25, 0.3) is 0 Å². The monoisotopic (exact) mass is 475 g/mol. The number of benzene rings is 1. The highest BCUT2D eigenvalue weighted by atomic mass is 127. The third kappa shape index (κ3) is 4.52. The summed E-state index contributed by atoms with van der Waals surface area (Å²) >= 11 is 0. The molecule has 0 bridgehead atoms. The van der Waals surface area contributed by atoms with Gasteiger partial charge >= 0.3 is 5.97 Å². The van der Waals surface area contributed by atoms with Crippen LogP contribution in [0.2, 0.25) is 0 Å². The van der Waals surface area contributed by atoms with Gasteiger partial charge in [0, 0.05) is 26.7 Å². The van der Waals surface area contributed by atoms with E-state index in [0.29, 0.717) is 6.54 Å². The molecule has 1 aromatic rings. The number of carbonyl (C=O) groups is 1. The Morgan fingerprint density at radius 2 is 2.12 bits per heavy atom. The van der Waals surface area contributed by atoms with Crippen LogP contribution in [0.15, 0.2) is 23.2 Å². The fourth-order valence-corrected chi connectivity index (χ4v) is 3.35. The summed E-state index contributed by atoms with van der Waals surface area (Å²) in [5.74, 6) is 2.42. The van der Waals surface area contributed by atoms with Crippen LogP contribution < -0.4 is 14.8 Å². The maximum atomic E-state index is 11.8. The lowest BCUT2D eigenvalue weighted by atomic mass is 9.99. The van der Waals surface area contributed by atoms with Crippen LogP contribution in [0.25, 0.3) is 0 Å². The molecule has 0 radical (unpaired) electrons. The summed E-state index contributed by atoms with van der Waals surface area (Å²) in [6.45, 7) is 4.54. The Morgan fingerprint density at radius 3 is 2.85 bits per heavy atom. The van der Waals surface area contributed by atoms with Crippen LogP contribution in [-0.2, 0) is 16.0 Å². The lowest BCUT2D eigenvalue weighted by Gasteiger charge is -2.21. The first-order valence-corrected chi connectivity index (χ1v) is 8.54. The van der Waals surface area contributed by atoms with Crippen LogP contribution in [0, 0.1) is 11.8 Å². The first kappa shape index (κ1) is 20.6. The van der Waals surface area contributed by atoms with Crippen LogP contribution in [0.1, 0.15) is 12.5 Å². The van der Waals surface area contributed by atoms with Gasteiger partial charge < -0.3 is 24.4 Å². The maximum Gasteiger partial charge on any atom is 0.310 e. The second-order valence-electron chi connectivity index (χ2n) is 6.42. The molecule has 3 rings (SSSR count). The van der Waals surface area contributed by atoms with Crippen molar-refractivity contribution in [2.45, 2.75) is 13.3 Å². The predicted octanol–water partition coefficient (Wildman–Crippen LogP) is 1.89. The fourth-order valence-electron chi connectivity index (χ4n) is 3.35. The van der Waals surface area contributed by atoms with Gasteiger partial charge in [-0.15, -0.1) is 24.0 Å². The van der Waals surface area contributed by atoms with Gasteiger partial charge in [-0.05, 0) is 30.0 Å². The van der Waals surface area contributed by atoms with Crippen molar-refractivity contribution < 1.29 is 19.0 Å². The number of aliphatic imine (C=N–C) groups is 1. The summed E-state index contributed by atoms with van der Waals surface area (Å²) in [4.78, 5) is 18.3. The molecule has 0 amide bonds. The summed E-state index contributed by atoms with van der Waals surface area (Å²) < 4.78 is 15.6. The van der Waals surface area contributed by atoms with E-state index in [9.17, 15) is 4.79 Å². The molecule has 1 fully saturated rings. The van der Waals surface area contributed by atoms with E-state index in [0.717, 1.165) is 37.0 Å². The van der Waals surface area contributed by atoms with E-state index in [2.05, 4.69) is 22.1 Å². The van der Waals surface area contributed by atoms with E-state index in [1.165, 1.54) is 12.7 Å². The highest BCUT2D eigenvalue weighted by Gasteiger charge is 2.36. The number of halogens is 1. The molecule has 144 valence electrons. The molecule has 2 aliphatic rings. The number of ether oxygens (including phenoxy) is 3. The molecular weight excluding hydrogens is 449 g/mol. The Morgan fingerprint density at radius 1 is 1.35 bits per heavy atom. The number of nitrogens with one attached hydrogen (secondary N) is 1. The van der Waals surface area contributed by atoms with Crippen molar-refractivity contribution in [3.8, 4) is 11.5 Å². The topological polar surface area (TPSA) is 72.4 Å². The molecule has 26 heavy (non-hydrogen) atoms. The summed E-state index contributed by atoms with van der Waals surface area (Å²) in [6, 6.07) is 6.00. The summed E-state index contributed by atoms with van der Waals surface area (Å²) in [5.41, 5.74) is 1.18. The first-order chi connectivity index (χ1) is 12.1. The molecule has 7 nitrogen and oxygen atoms in total. The van der Waals surface area contributed by atoms with Crippen molar-refractivity contribution in [1.29, 1.82) is 0 Å². The predicted molar refractivity (Wildman–Crippen MR) is 109 cm³/mol. The quantitative estimate of drug-likeness (QED) is 0.311. The molecule has 0 aromatic heterocycles. The second-order valence-corrected chi connectivity index (χ2v) is 6.42. The van der Waals surface area contributed by atoms with E-state index in [1.54, 1.807) is 7.05 Å². The van der Waals surface area contributed by atoms with Crippen LogP contribution in [0.4, 0.5) is 0 Å². The summed E-state index contributed by atoms with van der Waals surface area (Å²) in [5, 5.41) is 3.38. The molecule has 1 aromatic carbocycles. The number of hydrogen-bond donors (Lipinski definition) is 1. The highest BCUT2D eigenvalue weighted by Crippen LogP contribution is 2.32. The van der Waals surface area contributed by atoms with Gasteiger partial charge in [0.1, 0.15) is 0 Å². The zero-order chi connectivity index (χ0) is 17.8. The molecule has 2 unspecified atom stereocenters. The molecule has 0 aliphatic carbocycles. The largest absolute Gasteiger partial charge is 0.469 e. The molecular formula is C18H26IN3O4. The number of likely N-dealkylation sites (tertiary alicyclic amines) is 1. The summed E-state index contributed by atoms with van der Waals surface area (Å²) in [6.07, 6.45) is 0.847. The molecule has 1 saturated heterocycles. The third-order valence-corrected chi connectivity index (χ3v) is 4.76. The van der Waals surface area contributed by atoms with E-state index in [4.69, 9.17) is 14.2 Å². The van der Waals surface area contributed by atoms with Gasteiger partial charge in [-0.25, -0.2) is 0 Å². The SMILES string of the molecule is CN=C(NCCc1ccc2c(c1)OCO2)N1CC(C)C(C(=O)OC)C1.I. The van der Waals surface area contributed by atoms with Gasteiger partial charge in [-0.1, -0.05) is 13.0 Å². The lowest BCUT2D eigenvalue weighted by molar-refractivity contribution is -0.145. The van der Waals surface area contributed by atoms with Gasteiger partial charge in [-0.2, -0.15) is 0 Å². The number of fused-ring (bicyclic) bond motifs is 1. The van der Waals surface area contributed by atoms with E-state index in [1.807, 2.05) is 18.2 Å². The van der Waals surface area contributed by atoms with Gasteiger partial charge in [0.15, 0.2) is 17.5 Å².